The van der Waals surface area contributed by atoms with Gasteiger partial charge in [0.1, 0.15) is 34.9 Å². The first-order chi connectivity index (χ1) is 22.8. The number of amides is 1. The van der Waals surface area contributed by atoms with Crippen molar-refractivity contribution in [3.05, 3.63) is 60.4 Å². The fourth-order valence-electron chi connectivity index (χ4n) is 6.66. The number of ether oxygens (including phenoxy) is 2. The molecule has 5 heterocycles. The lowest BCUT2D eigenvalue weighted by molar-refractivity contribution is -0.137. The van der Waals surface area contributed by atoms with E-state index >= 15 is 0 Å². The summed E-state index contributed by atoms with van der Waals surface area (Å²) in [6.07, 6.45) is -1.33. The zero-order valence-corrected chi connectivity index (χ0v) is 27.2. The highest BCUT2D eigenvalue weighted by Crippen LogP contribution is 2.37. The highest BCUT2D eigenvalue weighted by Gasteiger charge is 2.44. The molecule has 0 radical (unpaired) electrons. The average molecular weight is 665 g/mol. The van der Waals surface area contributed by atoms with E-state index in [0.29, 0.717) is 46.1 Å². The van der Waals surface area contributed by atoms with Crippen molar-refractivity contribution in [2.45, 2.75) is 63.5 Å². The number of nitrogen functional groups attached to an aromatic ring is 1. The van der Waals surface area contributed by atoms with Gasteiger partial charge in [-0.25, -0.2) is 19.4 Å². The van der Waals surface area contributed by atoms with Gasteiger partial charge in [0, 0.05) is 56.9 Å². The number of hydrogen-bond donors (Lipinski definition) is 1. The molecule has 1 amide bonds. The Hall–Kier alpha value is -4.43. The van der Waals surface area contributed by atoms with Gasteiger partial charge in [0.05, 0.1) is 17.0 Å². The summed E-state index contributed by atoms with van der Waals surface area (Å²) in [5.41, 5.74) is 7.30. The second kappa shape index (κ2) is 12.2. The first kappa shape index (κ1) is 32.1. The molecule has 3 saturated heterocycles. The topological polar surface area (TPSA) is 115 Å². The van der Waals surface area contributed by atoms with Crippen molar-refractivity contribution in [2.24, 2.45) is 0 Å². The normalized spacial score (nSPS) is 18.9. The summed E-state index contributed by atoms with van der Waals surface area (Å²) in [6.45, 7) is 11.0. The Morgan fingerprint density at radius 1 is 0.833 bits per heavy atom. The molecule has 48 heavy (non-hydrogen) atoms. The van der Waals surface area contributed by atoms with Gasteiger partial charge in [-0.2, -0.15) is 18.3 Å². The molecule has 2 N–H and O–H groups in total. The number of halogens is 3. The molecule has 14 heteroatoms. The number of carbonyl (C=O) groups excluding carboxylic acids is 1. The van der Waals surface area contributed by atoms with Gasteiger partial charge in [0.15, 0.2) is 5.65 Å². The molecule has 0 spiro atoms. The zero-order chi connectivity index (χ0) is 33.8. The summed E-state index contributed by atoms with van der Waals surface area (Å²) in [4.78, 5) is 27.9. The second-order valence-electron chi connectivity index (χ2n) is 13.8. The van der Waals surface area contributed by atoms with Crippen molar-refractivity contribution in [1.29, 1.82) is 0 Å². The number of anilines is 1. The predicted octanol–water partition coefficient (Wildman–Crippen LogP) is 5.83. The Morgan fingerprint density at radius 3 is 2.04 bits per heavy atom. The third-order valence-electron chi connectivity index (χ3n) is 9.35. The average Bonchev–Trinajstić information content (AvgIpc) is 3.38. The van der Waals surface area contributed by atoms with Crippen LogP contribution >= 0.6 is 0 Å². The molecular weight excluding hydrogens is 625 g/mol. The van der Waals surface area contributed by atoms with Gasteiger partial charge in [0.2, 0.25) is 0 Å². The number of aromatic nitrogens is 4. The Balaban J connectivity index is 0.968. The molecule has 0 aliphatic carbocycles. The number of alkyl halides is 3. The minimum Gasteiger partial charge on any atom is -0.457 e. The van der Waals surface area contributed by atoms with Gasteiger partial charge in [0.25, 0.3) is 0 Å². The Labute approximate surface area is 276 Å². The Bertz CT molecular complexity index is 1770. The minimum atomic E-state index is -4.40. The quantitative estimate of drug-likeness (QED) is 0.272. The van der Waals surface area contributed by atoms with E-state index in [9.17, 15) is 18.0 Å². The number of rotatable bonds is 6. The maximum atomic E-state index is 12.9. The number of carbonyl (C=O) groups is 1. The molecule has 0 bridgehead atoms. The van der Waals surface area contributed by atoms with Crippen molar-refractivity contribution < 1.29 is 27.4 Å². The summed E-state index contributed by atoms with van der Waals surface area (Å²) < 4.78 is 52.0. The smallest absolute Gasteiger partial charge is 0.416 e. The first-order valence-electron chi connectivity index (χ1n) is 16.2. The van der Waals surface area contributed by atoms with Gasteiger partial charge in [-0.3, -0.25) is 9.80 Å². The molecule has 254 valence electrons. The van der Waals surface area contributed by atoms with E-state index in [-0.39, 0.29) is 12.1 Å². The summed E-state index contributed by atoms with van der Waals surface area (Å²) >= 11 is 0. The maximum Gasteiger partial charge on any atom is 0.416 e. The van der Waals surface area contributed by atoms with Crippen LogP contribution in [0.5, 0.6) is 11.5 Å². The molecule has 0 atom stereocenters. The number of piperidine rings is 1. The molecule has 2 aromatic heterocycles. The SMILES string of the molecule is CC(C)(C)OC(=O)N1CC(N2CC(N3CCC(n4nc(-c5ccc(Oc6ccc(C(F)(F)F)cc6)cc5)c5c(N)ncnc54)CC3)C2)C1. The summed E-state index contributed by atoms with van der Waals surface area (Å²) in [7, 11) is 0. The van der Waals surface area contributed by atoms with Gasteiger partial charge in [-0.1, -0.05) is 0 Å². The summed E-state index contributed by atoms with van der Waals surface area (Å²) in [5.74, 6) is 1.13. The zero-order valence-electron chi connectivity index (χ0n) is 27.2. The van der Waals surface area contributed by atoms with Crippen molar-refractivity contribution in [2.75, 3.05) is 45.0 Å². The van der Waals surface area contributed by atoms with Crippen LogP contribution in [0.2, 0.25) is 0 Å². The van der Waals surface area contributed by atoms with E-state index in [2.05, 4.69) is 19.8 Å². The van der Waals surface area contributed by atoms with E-state index in [1.54, 1.807) is 17.0 Å². The largest absolute Gasteiger partial charge is 0.457 e. The molecule has 2 aromatic carbocycles. The Morgan fingerprint density at radius 2 is 1.44 bits per heavy atom. The van der Waals surface area contributed by atoms with E-state index in [1.165, 1.54) is 18.5 Å². The maximum absolute atomic E-state index is 12.9. The van der Waals surface area contributed by atoms with Crippen molar-refractivity contribution in [1.82, 2.24) is 34.4 Å². The molecule has 3 aliphatic heterocycles. The highest BCUT2D eigenvalue weighted by atomic mass is 19.4. The van der Waals surface area contributed by atoms with Gasteiger partial charge >= 0.3 is 12.3 Å². The van der Waals surface area contributed by atoms with Crippen molar-refractivity contribution in [3.8, 4) is 22.8 Å². The molecule has 0 unspecified atom stereocenters. The lowest BCUT2D eigenvalue weighted by Gasteiger charge is -2.54. The lowest BCUT2D eigenvalue weighted by atomic mass is 9.96. The van der Waals surface area contributed by atoms with Crippen LogP contribution in [0.3, 0.4) is 0 Å². The first-order valence-corrected chi connectivity index (χ1v) is 16.2. The number of benzene rings is 2. The van der Waals surface area contributed by atoms with E-state index < -0.39 is 17.3 Å². The summed E-state index contributed by atoms with van der Waals surface area (Å²) in [6, 6.07) is 12.8. The monoisotopic (exact) mass is 664 g/mol. The third kappa shape index (κ3) is 6.50. The van der Waals surface area contributed by atoms with Crippen LogP contribution in [0.1, 0.15) is 45.2 Å². The fourth-order valence-corrected chi connectivity index (χ4v) is 6.66. The van der Waals surface area contributed by atoms with Crippen LogP contribution in [0.25, 0.3) is 22.3 Å². The highest BCUT2D eigenvalue weighted by molar-refractivity contribution is 5.98. The molecule has 7 rings (SSSR count). The molecule has 0 saturated carbocycles. The lowest BCUT2D eigenvalue weighted by Crippen LogP contribution is -2.70. The number of likely N-dealkylation sites (tertiary alicyclic amines) is 3. The fraction of sp³-hybridized carbons (Fsp3) is 0.471. The van der Waals surface area contributed by atoms with Gasteiger partial charge < -0.3 is 20.1 Å². The van der Waals surface area contributed by atoms with Gasteiger partial charge in [-0.15, -0.1) is 0 Å². The molecular formula is C34H39F3N8O3. The van der Waals surface area contributed by atoms with Crippen LogP contribution in [-0.4, -0.2) is 97.5 Å². The standard InChI is InChI=1S/C34H39F3N8O3/c1-33(2,3)48-32(46)44-18-25(19-44)43-16-24(17-43)42-14-12-23(13-15-42)45-31-28(30(38)39-20-40-31)29(41-45)21-4-8-26(9-5-21)47-27-10-6-22(7-11-27)34(35,36)37/h4-11,20,23-25H,12-19H2,1-3H3,(H2,38,39,40). The number of nitrogens with two attached hydrogens (primary N) is 1. The molecule has 11 nitrogen and oxygen atoms in total. The van der Waals surface area contributed by atoms with Crippen LogP contribution < -0.4 is 10.5 Å². The van der Waals surface area contributed by atoms with E-state index in [4.69, 9.17) is 20.3 Å². The summed E-state index contributed by atoms with van der Waals surface area (Å²) in [5, 5.41) is 5.70. The van der Waals surface area contributed by atoms with Crippen LogP contribution in [0, 0.1) is 0 Å². The van der Waals surface area contributed by atoms with E-state index in [1.807, 2.05) is 37.6 Å². The minimum absolute atomic E-state index is 0.152. The predicted molar refractivity (Wildman–Crippen MR) is 173 cm³/mol. The number of fused-ring (bicyclic) bond motifs is 1. The van der Waals surface area contributed by atoms with Gasteiger partial charge in [-0.05, 0) is 82.1 Å². The van der Waals surface area contributed by atoms with Crippen LogP contribution in [0.4, 0.5) is 23.8 Å². The number of nitrogens with zero attached hydrogens (tertiary/aromatic N) is 7. The van der Waals surface area contributed by atoms with Crippen molar-refractivity contribution in [3.63, 3.8) is 0 Å². The van der Waals surface area contributed by atoms with Crippen molar-refractivity contribution >= 4 is 22.9 Å². The Kier molecular flexibility index (Phi) is 8.18. The third-order valence-corrected chi connectivity index (χ3v) is 9.35. The van der Waals surface area contributed by atoms with Crippen LogP contribution in [0.15, 0.2) is 54.9 Å². The second-order valence-corrected chi connectivity index (χ2v) is 13.8. The number of hydrogen-bond acceptors (Lipinski definition) is 9. The van der Waals surface area contributed by atoms with E-state index in [0.717, 1.165) is 69.8 Å². The molecule has 3 aliphatic rings. The molecule has 3 fully saturated rings. The van der Waals surface area contributed by atoms with Crippen LogP contribution in [-0.2, 0) is 10.9 Å². The molecule has 4 aromatic rings.